The minimum absolute atomic E-state index is 0.0404. The minimum atomic E-state index is 0.0404. The lowest BCUT2D eigenvalue weighted by Gasteiger charge is -2.08. The monoisotopic (exact) mass is 410 g/mol. The highest BCUT2D eigenvalue weighted by Gasteiger charge is 2.10. The molecule has 6 heteroatoms. The van der Waals surface area contributed by atoms with E-state index in [1.165, 1.54) is 0 Å². The van der Waals surface area contributed by atoms with E-state index in [0.717, 1.165) is 45.4 Å². The third-order valence-corrected chi connectivity index (χ3v) is 5.26. The van der Waals surface area contributed by atoms with Crippen LogP contribution in [0.25, 0.3) is 11.3 Å². The molecule has 5 nitrogen and oxygen atoms in total. The highest BCUT2D eigenvalue weighted by Crippen LogP contribution is 2.30. The number of hydrogen-bond donors (Lipinski definition) is 1. The number of aromatic nitrogens is 1. The summed E-state index contributed by atoms with van der Waals surface area (Å²) in [4.78, 5) is 16.7. The summed E-state index contributed by atoms with van der Waals surface area (Å²) in [5, 5.41) is 6.02. The van der Waals surface area contributed by atoms with E-state index in [1.807, 2.05) is 56.3 Å². The zero-order valence-electron chi connectivity index (χ0n) is 17.2. The van der Waals surface area contributed by atoms with Gasteiger partial charge in [0.1, 0.15) is 0 Å². The number of thiazole rings is 1. The molecule has 0 aliphatic carbocycles. The molecule has 0 unspecified atom stereocenters. The third-order valence-electron chi connectivity index (χ3n) is 4.41. The lowest BCUT2D eigenvalue weighted by molar-refractivity contribution is -0.116. The molecule has 0 spiro atoms. The van der Waals surface area contributed by atoms with E-state index in [2.05, 4.69) is 10.7 Å². The maximum atomic E-state index is 11.9. The van der Waals surface area contributed by atoms with Gasteiger partial charge >= 0.3 is 0 Å². The van der Waals surface area contributed by atoms with E-state index >= 15 is 0 Å². The molecule has 1 heterocycles. The Bertz CT molecular complexity index is 965. The molecule has 0 atom stereocenters. The number of ether oxygens (including phenoxy) is 2. The van der Waals surface area contributed by atoms with Gasteiger partial charge in [-0.1, -0.05) is 32.0 Å². The Hall–Kier alpha value is -2.86. The summed E-state index contributed by atoms with van der Waals surface area (Å²) in [6.07, 6.45) is 1.25. The van der Waals surface area contributed by atoms with E-state index < -0.39 is 0 Å². The molecule has 1 amide bonds. The standard InChI is InChI=1S/C23H26N2O3S/c1-15(2)11-22(26)24-18-8-6-17(7-9-18)19-14-29-23(25-19)13-16-5-10-20(27-3)21(12-16)28-4/h5-10,12,14-15H,11,13H2,1-4H3,(H,24,26). The van der Waals surface area contributed by atoms with Crippen LogP contribution in [0.4, 0.5) is 5.69 Å². The predicted octanol–water partition coefficient (Wildman–Crippen LogP) is 5.40. The number of hydrogen-bond acceptors (Lipinski definition) is 5. The molecule has 0 aliphatic heterocycles. The maximum Gasteiger partial charge on any atom is 0.224 e. The van der Waals surface area contributed by atoms with Crippen molar-refractivity contribution in [3.8, 4) is 22.8 Å². The second-order valence-corrected chi connectivity index (χ2v) is 8.16. The van der Waals surface area contributed by atoms with Crippen LogP contribution >= 0.6 is 11.3 Å². The molecule has 1 N–H and O–H groups in total. The summed E-state index contributed by atoms with van der Waals surface area (Å²) in [6.45, 7) is 4.06. The fourth-order valence-corrected chi connectivity index (χ4v) is 3.83. The second-order valence-electron chi connectivity index (χ2n) is 7.22. The fourth-order valence-electron chi connectivity index (χ4n) is 3.00. The predicted molar refractivity (Wildman–Crippen MR) is 118 cm³/mol. The molecule has 0 radical (unpaired) electrons. The average Bonchev–Trinajstić information content (AvgIpc) is 3.16. The molecule has 0 saturated heterocycles. The van der Waals surface area contributed by atoms with Crippen LogP contribution in [0.2, 0.25) is 0 Å². The number of rotatable bonds is 8. The van der Waals surface area contributed by atoms with Crippen molar-refractivity contribution in [2.45, 2.75) is 26.7 Å². The SMILES string of the molecule is COc1ccc(Cc2nc(-c3ccc(NC(=O)CC(C)C)cc3)cs2)cc1OC. The normalized spacial score (nSPS) is 10.8. The Morgan fingerprint density at radius 3 is 2.45 bits per heavy atom. The van der Waals surface area contributed by atoms with Crippen LogP contribution in [0.3, 0.4) is 0 Å². The van der Waals surface area contributed by atoms with Gasteiger partial charge in [-0.05, 0) is 35.7 Å². The van der Waals surface area contributed by atoms with Gasteiger partial charge < -0.3 is 14.8 Å². The summed E-state index contributed by atoms with van der Waals surface area (Å²) < 4.78 is 10.7. The van der Waals surface area contributed by atoms with Crippen molar-refractivity contribution in [2.75, 3.05) is 19.5 Å². The van der Waals surface area contributed by atoms with E-state index in [1.54, 1.807) is 25.6 Å². The highest BCUT2D eigenvalue weighted by atomic mass is 32.1. The summed E-state index contributed by atoms with van der Waals surface area (Å²) in [5.74, 6) is 1.82. The molecule has 3 aromatic rings. The van der Waals surface area contributed by atoms with Gasteiger partial charge in [0.15, 0.2) is 11.5 Å². The average molecular weight is 411 g/mol. The van der Waals surface area contributed by atoms with Gasteiger partial charge in [-0.15, -0.1) is 11.3 Å². The molecular weight excluding hydrogens is 384 g/mol. The van der Waals surface area contributed by atoms with Crippen LogP contribution in [0.5, 0.6) is 11.5 Å². The van der Waals surface area contributed by atoms with E-state index in [9.17, 15) is 4.79 Å². The Kier molecular flexibility index (Phi) is 6.88. The first-order valence-electron chi connectivity index (χ1n) is 9.54. The summed E-state index contributed by atoms with van der Waals surface area (Å²) in [5.41, 5.74) is 3.89. The summed E-state index contributed by atoms with van der Waals surface area (Å²) in [6, 6.07) is 13.7. The number of nitrogens with one attached hydrogen (secondary N) is 1. The van der Waals surface area contributed by atoms with Crippen LogP contribution in [-0.2, 0) is 11.2 Å². The Labute approximate surface area is 175 Å². The molecule has 0 fully saturated rings. The van der Waals surface area contributed by atoms with Crippen molar-refractivity contribution < 1.29 is 14.3 Å². The highest BCUT2D eigenvalue weighted by molar-refractivity contribution is 7.10. The van der Waals surface area contributed by atoms with Crippen LogP contribution in [-0.4, -0.2) is 25.1 Å². The number of benzene rings is 2. The van der Waals surface area contributed by atoms with E-state index in [-0.39, 0.29) is 5.91 Å². The van der Waals surface area contributed by atoms with Gasteiger partial charge in [-0.2, -0.15) is 0 Å². The van der Waals surface area contributed by atoms with Gasteiger partial charge in [-0.3, -0.25) is 4.79 Å². The molecule has 3 rings (SSSR count). The number of nitrogens with zero attached hydrogens (tertiary/aromatic N) is 1. The summed E-state index contributed by atoms with van der Waals surface area (Å²) >= 11 is 1.63. The molecule has 0 saturated carbocycles. The van der Waals surface area contributed by atoms with E-state index in [0.29, 0.717) is 12.3 Å². The van der Waals surface area contributed by atoms with Gasteiger partial charge in [-0.25, -0.2) is 4.98 Å². The number of methoxy groups -OCH3 is 2. The lowest BCUT2D eigenvalue weighted by Crippen LogP contribution is -2.13. The van der Waals surface area contributed by atoms with Crippen molar-refractivity contribution >= 4 is 22.9 Å². The molecule has 0 aliphatic rings. The van der Waals surface area contributed by atoms with Crippen molar-refractivity contribution in [1.82, 2.24) is 4.98 Å². The number of carbonyl (C=O) groups excluding carboxylic acids is 1. The molecule has 2 aromatic carbocycles. The second kappa shape index (κ2) is 9.56. The number of amides is 1. The largest absolute Gasteiger partial charge is 0.493 e. The first-order chi connectivity index (χ1) is 14.0. The molecule has 29 heavy (non-hydrogen) atoms. The topological polar surface area (TPSA) is 60.5 Å². The van der Waals surface area contributed by atoms with Crippen LogP contribution in [0.15, 0.2) is 47.8 Å². The Morgan fingerprint density at radius 2 is 1.79 bits per heavy atom. The maximum absolute atomic E-state index is 11.9. The first-order valence-corrected chi connectivity index (χ1v) is 10.4. The van der Waals surface area contributed by atoms with Crippen LogP contribution in [0.1, 0.15) is 30.8 Å². The lowest BCUT2D eigenvalue weighted by atomic mass is 10.1. The molecule has 152 valence electrons. The van der Waals surface area contributed by atoms with Gasteiger partial charge in [0.25, 0.3) is 0 Å². The van der Waals surface area contributed by atoms with Gasteiger partial charge in [0, 0.05) is 29.5 Å². The smallest absolute Gasteiger partial charge is 0.224 e. The van der Waals surface area contributed by atoms with E-state index in [4.69, 9.17) is 14.5 Å². The number of carbonyl (C=O) groups is 1. The van der Waals surface area contributed by atoms with Gasteiger partial charge in [0.2, 0.25) is 5.91 Å². The Balaban J connectivity index is 1.67. The number of anilines is 1. The minimum Gasteiger partial charge on any atom is -0.493 e. The zero-order valence-corrected chi connectivity index (χ0v) is 18.0. The molecule has 0 bridgehead atoms. The van der Waals surface area contributed by atoms with Crippen molar-refractivity contribution in [2.24, 2.45) is 5.92 Å². The van der Waals surface area contributed by atoms with Crippen LogP contribution in [0, 0.1) is 5.92 Å². The van der Waals surface area contributed by atoms with Crippen molar-refractivity contribution in [3.63, 3.8) is 0 Å². The van der Waals surface area contributed by atoms with Crippen LogP contribution < -0.4 is 14.8 Å². The first kappa shape index (κ1) is 20.9. The van der Waals surface area contributed by atoms with Gasteiger partial charge in [0.05, 0.1) is 24.9 Å². The summed E-state index contributed by atoms with van der Waals surface area (Å²) in [7, 11) is 3.27. The quantitative estimate of drug-likeness (QED) is 0.540. The molecular formula is C23H26N2O3S. The van der Waals surface area contributed by atoms with Crippen molar-refractivity contribution in [1.29, 1.82) is 0 Å². The van der Waals surface area contributed by atoms with Crippen molar-refractivity contribution in [3.05, 3.63) is 58.4 Å². The molecule has 1 aromatic heterocycles. The zero-order chi connectivity index (χ0) is 20.8. The third kappa shape index (κ3) is 5.57. The Morgan fingerprint density at radius 1 is 1.07 bits per heavy atom. The fraction of sp³-hybridized carbons (Fsp3) is 0.304.